The number of nitrogens with one attached hydrogen (secondary N) is 2. The lowest BCUT2D eigenvalue weighted by Gasteiger charge is -2.36. The SMILES string of the molecule is CC(=O)c1ccc(NC(=O)[C@@H](C)[NH+]2CCN(c3ccc(F)cc3)CC2)cc1. The predicted molar refractivity (Wildman–Crippen MR) is 104 cm³/mol. The summed E-state index contributed by atoms with van der Waals surface area (Å²) in [5.41, 5.74) is 2.34. The summed E-state index contributed by atoms with van der Waals surface area (Å²) in [6.07, 6.45) is 0. The van der Waals surface area contributed by atoms with Crippen molar-refractivity contribution in [2.75, 3.05) is 36.4 Å². The number of ketones is 1. The number of hydrogen-bond acceptors (Lipinski definition) is 3. The topological polar surface area (TPSA) is 53.9 Å². The van der Waals surface area contributed by atoms with E-state index >= 15 is 0 Å². The number of piperazine rings is 1. The summed E-state index contributed by atoms with van der Waals surface area (Å²) in [6.45, 7) is 6.79. The summed E-state index contributed by atoms with van der Waals surface area (Å²) < 4.78 is 13.1. The van der Waals surface area contributed by atoms with Crippen molar-refractivity contribution in [2.24, 2.45) is 0 Å². The van der Waals surface area contributed by atoms with Crippen molar-refractivity contribution >= 4 is 23.1 Å². The molecule has 1 aliphatic heterocycles. The van der Waals surface area contributed by atoms with E-state index in [1.54, 1.807) is 36.4 Å². The minimum atomic E-state index is -0.232. The lowest BCUT2D eigenvalue weighted by Crippen LogP contribution is -3.19. The molecule has 1 amide bonds. The highest BCUT2D eigenvalue weighted by Crippen LogP contribution is 2.14. The summed E-state index contributed by atoms with van der Waals surface area (Å²) >= 11 is 0. The standard InChI is InChI=1S/C21H24FN3O2/c1-15(21(27)23-19-7-3-17(4-8-19)16(2)26)24-11-13-25(14-12-24)20-9-5-18(22)6-10-20/h3-10,15H,11-14H2,1-2H3,(H,23,27)/p+1/t15-/m1/s1. The monoisotopic (exact) mass is 370 g/mol. The van der Waals surface area contributed by atoms with E-state index in [4.69, 9.17) is 0 Å². The highest BCUT2D eigenvalue weighted by atomic mass is 19.1. The molecular weight excluding hydrogens is 345 g/mol. The molecule has 0 aliphatic carbocycles. The van der Waals surface area contributed by atoms with Crippen LogP contribution in [0, 0.1) is 5.82 Å². The summed E-state index contributed by atoms with van der Waals surface area (Å²) in [6, 6.07) is 13.3. The molecule has 5 nitrogen and oxygen atoms in total. The van der Waals surface area contributed by atoms with Gasteiger partial charge in [0.1, 0.15) is 5.82 Å². The van der Waals surface area contributed by atoms with Crippen LogP contribution in [0.25, 0.3) is 0 Å². The van der Waals surface area contributed by atoms with E-state index in [1.165, 1.54) is 24.0 Å². The summed E-state index contributed by atoms with van der Waals surface area (Å²) in [4.78, 5) is 27.3. The van der Waals surface area contributed by atoms with Crippen LogP contribution in [0.15, 0.2) is 48.5 Å². The Morgan fingerprint density at radius 2 is 1.63 bits per heavy atom. The van der Waals surface area contributed by atoms with Crippen LogP contribution in [0.5, 0.6) is 0 Å². The fraction of sp³-hybridized carbons (Fsp3) is 0.333. The van der Waals surface area contributed by atoms with Crippen LogP contribution in [0.1, 0.15) is 24.2 Å². The van der Waals surface area contributed by atoms with Crippen molar-refractivity contribution < 1.29 is 18.9 Å². The summed E-state index contributed by atoms with van der Waals surface area (Å²) in [5, 5.41) is 2.93. The van der Waals surface area contributed by atoms with Gasteiger partial charge in [0, 0.05) is 16.9 Å². The Morgan fingerprint density at radius 3 is 2.19 bits per heavy atom. The number of anilines is 2. The van der Waals surface area contributed by atoms with Crippen LogP contribution < -0.4 is 15.1 Å². The molecule has 0 radical (unpaired) electrons. The van der Waals surface area contributed by atoms with Gasteiger partial charge in [-0.2, -0.15) is 0 Å². The van der Waals surface area contributed by atoms with Crippen LogP contribution in [0.2, 0.25) is 0 Å². The zero-order valence-corrected chi connectivity index (χ0v) is 15.7. The number of Topliss-reactive ketones (excluding diaryl/α,β-unsaturated/α-hetero) is 1. The van der Waals surface area contributed by atoms with Gasteiger partial charge in [-0.15, -0.1) is 0 Å². The zero-order valence-electron chi connectivity index (χ0n) is 15.7. The van der Waals surface area contributed by atoms with E-state index < -0.39 is 0 Å². The summed E-state index contributed by atoms with van der Waals surface area (Å²) in [7, 11) is 0. The number of quaternary nitrogens is 1. The molecule has 3 rings (SSSR count). The van der Waals surface area contributed by atoms with Gasteiger partial charge in [0.15, 0.2) is 11.8 Å². The van der Waals surface area contributed by atoms with Crippen LogP contribution >= 0.6 is 0 Å². The van der Waals surface area contributed by atoms with E-state index in [0.29, 0.717) is 11.3 Å². The van der Waals surface area contributed by atoms with Crippen LogP contribution in [-0.2, 0) is 4.79 Å². The number of amides is 1. The Kier molecular flexibility index (Phi) is 5.86. The molecule has 0 aromatic heterocycles. The number of benzene rings is 2. The molecule has 1 atom stereocenters. The van der Waals surface area contributed by atoms with Crippen LogP contribution in [0.3, 0.4) is 0 Å². The average molecular weight is 370 g/mol. The molecule has 27 heavy (non-hydrogen) atoms. The number of carbonyl (C=O) groups is 2. The number of hydrogen-bond donors (Lipinski definition) is 2. The second-order valence-electron chi connectivity index (χ2n) is 6.97. The van der Waals surface area contributed by atoms with Crippen molar-refractivity contribution in [3.63, 3.8) is 0 Å². The molecule has 142 valence electrons. The lowest BCUT2D eigenvalue weighted by atomic mass is 10.1. The van der Waals surface area contributed by atoms with E-state index in [1.807, 2.05) is 6.92 Å². The molecule has 2 aromatic carbocycles. The minimum Gasteiger partial charge on any atom is -0.360 e. The van der Waals surface area contributed by atoms with Gasteiger partial charge in [0.05, 0.1) is 26.2 Å². The van der Waals surface area contributed by atoms with Gasteiger partial charge in [-0.25, -0.2) is 4.39 Å². The fourth-order valence-corrected chi connectivity index (χ4v) is 3.36. The Balaban J connectivity index is 1.53. The zero-order chi connectivity index (χ0) is 19.4. The third kappa shape index (κ3) is 4.71. The molecule has 0 unspecified atom stereocenters. The Labute approximate surface area is 158 Å². The number of nitrogens with zero attached hydrogens (tertiary/aromatic N) is 1. The van der Waals surface area contributed by atoms with Crippen molar-refractivity contribution in [2.45, 2.75) is 19.9 Å². The third-order valence-corrected chi connectivity index (χ3v) is 5.16. The van der Waals surface area contributed by atoms with Crippen molar-refractivity contribution in [1.82, 2.24) is 0 Å². The van der Waals surface area contributed by atoms with Gasteiger partial charge in [-0.1, -0.05) is 0 Å². The lowest BCUT2D eigenvalue weighted by molar-refractivity contribution is -0.914. The molecule has 6 heteroatoms. The highest BCUT2D eigenvalue weighted by Gasteiger charge is 2.29. The number of rotatable bonds is 5. The molecule has 2 aromatic rings. The Hall–Kier alpha value is -2.73. The van der Waals surface area contributed by atoms with E-state index in [-0.39, 0.29) is 23.5 Å². The second-order valence-corrected chi connectivity index (χ2v) is 6.97. The van der Waals surface area contributed by atoms with Gasteiger partial charge in [-0.3, -0.25) is 9.59 Å². The molecule has 0 spiro atoms. The van der Waals surface area contributed by atoms with Crippen LogP contribution in [-0.4, -0.2) is 43.9 Å². The smallest absolute Gasteiger partial charge is 0.282 e. The molecule has 1 fully saturated rings. The maximum atomic E-state index is 13.1. The Morgan fingerprint density at radius 1 is 1.04 bits per heavy atom. The van der Waals surface area contributed by atoms with Gasteiger partial charge >= 0.3 is 0 Å². The van der Waals surface area contributed by atoms with E-state index in [0.717, 1.165) is 31.9 Å². The molecule has 1 aliphatic rings. The van der Waals surface area contributed by atoms with Crippen molar-refractivity contribution in [1.29, 1.82) is 0 Å². The van der Waals surface area contributed by atoms with Gasteiger partial charge < -0.3 is 15.1 Å². The van der Waals surface area contributed by atoms with Crippen LogP contribution in [0.4, 0.5) is 15.8 Å². The maximum Gasteiger partial charge on any atom is 0.282 e. The first kappa shape index (κ1) is 19.0. The quantitative estimate of drug-likeness (QED) is 0.789. The molecule has 2 N–H and O–H groups in total. The molecule has 0 saturated carbocycles. The van der Waals surface area contributed by atoms with Crippen molar-refractivity contribution in [3.8, 4) is 0 Å². The Bertz CT molecular complexity index is 797. The average Bonchev–Trinajstić information content (AvgIpc) is 2.68. The van der Waals surface area contributed by atoms with Crippen molar-refractivity contribution in [3.05, 3.63) is 59.9 Å². The number of halogens is 1. The molecule has 1 saturated heterocycles. The van der Waals surface area contributed by atoms with Gasteiger partial charge in [-0.05, 0) is 62.4 Å². The molecule has 0 bridgehead atoms. The first-order valence-corrected chi connectivity index (χ1v) is 9.21. The van der Waals surface area contributed by atoms with E-state index in [9.17, 15) is 14.0 Å². The molecule has 1 heterocycles. The van der Waals surface area contributed by atoms with Gasteiger partial charge in [0.25, 0.3) is 5.91 Å². The molecular formula is C21H25FN3O2+. The van der Waals surface area contributed by atoms with E-state index in [2.05, 4.69) is 10.2 Å². The first-order valence-electron chi connectivity index (χ1n) is 9.21. The van der Waals surface area contributed by atoms with Gasteiger partial charge in [0.2, 0.25) is 0 Å². The third-order valence-electron chi connectivity index (χ3n) is 5.16. The summed E-state index contributed by atoms with van der Waals surface area (Å²) in [5.74, 6) is -0.259. The largest absolute Gasteiger partial charge is 0.360 e. The predicted octanol–water partition coefficient (Wildman–Crippen LogP) is 1.76. The highest BCUT2D eigenvalue weighted by molar-refractivity contribution is 5.96. The number of carbonyl (C=O) groups excluding carboxylic acids is 2. The maximum absolute atomic E-state index is 13.1. The second kappa shape index (κ2) is 8.31. The normalized spacial score (nSPS) is 16.0. The fourth-order valence-electron chi connectivity index (χ4n) is 3.36. The minimum absolute atomic E-state index is 0.00437. The first-order chi connectivity index (χ1) is 12.9.